The van der Waals surface area contributed by atoms with Gasteiger partial charge in [0.25, 0.3) is 0 Å². The predicted octanol–water partition coefficient (Wildman–Crippen LogP) is 3.05. The third-order valence-electron chi connectivity index (χ3n) is 3.83. The van der Waals surface area contributed by atoms with Crippen LogP contribution >= 0.6 is 0 Å². The summed E-state index contributed by atoms with van der Waals surface area (Å²) in [6, 6.07) is 5.53. The number of piperazine rings is 1. The highest BCUT2D eigenvalue weighted by Crippen LogP contribution is 2.29. The summed E-state index contributed by atoms with van der Waals surface area (Å²) in [6.07, 6.45) is 4.01. The van der Waals surface area contributed by atoms with E-state index in [4.69, 9.17) is 0 Å². The average Bonchev–Trinajstić information content (AvgIpc) is 2.42. The molecule has 0 aliphatic carbocycles. The largest absolute Gasteiger partial charge is 0.314 e. The van der Waals surface area contributed by atoms with Crippen LogP contribution in [0.4, 0.5) is 4.39 Å². The smallest absolute Gasteiger partial charge is 0.123 e. The van der Waals surface area contributed by atoms with Gasteiger partial charge in [-0.25, -0.2) is 4.39 Å². The molecule has 3 heteroatoms. The summed E-state index contributed by atoms with van der Waals surface area (Å²) in [7, 11) is 0. The van der Waals surface area contributed by atoms with Crippen LogP contribution in [-0.4, -0.2) is 31.1 Å². The molecule has 0 radical (unpaired) electrons. The SMILES string of the molecule is C=CCC[C@@H](c1ccc(F)cc1C)N1CCNCC1. The number of hydrogen-bond donors (Lipinski definition) is 1. The minimum atomic E-state index is -0.149. The fraction of sp³-hybridized carbons (Fsp3) is 0.500. The lowest BCUT2D eigenvalue weighted by molar-refractivity contribution is 0.165. The number of rotatable bonds is 5. The van der Waals surface area contributed by atoms with Gasteiger partial charge in [-0.3, -0.25) is 4.90 Å². The van der Waals surface area contributed by atoms with Gasteiger partial charge in [0.1, 0.15) is 5.82 Å². The summed E-state index contributed by atoms with van der Waals surface area (Å²) in [6.45, 7) is 9.99. The van der Waals surface area contributed by atoms with Crippen LogP contribution in [0.2, 0.25) is 0 Å². The number of benzene rings is 1. The molecule has 0 amide bonds. The fourth-order valence-electron chi connectivity index (χ4n) is 2.82. The molecular weight excluding hydrogens is 239 g/mol. The summed E-state index contributed by atoms with van der Waals surface area (Å²) in [4.78, 5) is 2.50. The Labute approximate surface area is 115 Å². The second kappa shape index (κ2) is 6.83. The van der Waals surface area contributed by atoms with E-state index in [1.807, 2.05) is 19.1 Å². The maximum Gasteiger partial charge on any atom is 0.123 e. The molecule has 2 nitrogen and oxygen atoms in total. The van der Waals surface area contributed by atoms with Crippen LogP contribution in [0.3, 0.4) is 0 Å². The Morgan fingerprint density at radius 3 is 2.79 bits per heavy atom. The lowest BCUT2D eigenvalue weighted by atomic mass is 9.95. The zero-order valence-electron chi connectivity index (χ0n) is 11.7. The Morgan fingerprint density at radius 2 is 2.16 bits per heavy atom. The summed E-state index contributed by atoms with van der Waals surface area (Å²) in [5.41, 5.74) is 2.30. The molecule has 1 aliphatic heterocycles. The van der Waals surface area contributed by atoms with Crippen molar-refractivity contribution in [1.29, 1.82) is 0 Å². The first-order valence-electron chi connectivity index (χ1n) is 7.04. The Balaban J connectivity index is 2.22. The molecule has 1 aliphatic rings. The molecule has 0 saturated carbocycles. The maximum atomic E-state index is 13.3. The van der Waals surface area contributed by atoms with Crippen molar-refractivity contribution in [3.05, 3.63) is 47.8 Å². The molecule has 1 aromatic rings. The summed E-state index contributed by atoms with van der Waals surface area (Å²) in [5, 5.41) is 3.38. The fourth-order valence-corrected chi connectivity index (χ4v) is 2.82. The highest BCUT2D eigenvalue weighted by Gasteiger charge is 2.22. The Kier molecular flexibility index (Phi) is 5.11. The van der Waals surface area contributed by atoms with Gasteiger partial charge >= 0.3 is 0 Å². The molecule has 0 spiro atoms. The molecule has 1 saturated heterocycles. The van der Waals surface area contributed by atoms with E-state index in [2.05, 4.69) is 16.8 Å². The van der Waals surface area contributed by atoms with Crippen molar-refractivity contribution in [2.24, 2.45) is 0 Å². The minimum absolute atomic E-state index is 0.149. The second-order valence-electron chi connectivity index (χ2n) is 5.17. The third-order valence-corrected chi connectivity index (χ3v) is 3.83. The van der Waals surface area contributed by atoms with Crippen LogP contribution < -0.4 is 5.32 Å². The van der Waals surface area contributed by atoms with Gasteiger partial charge in [0, 0.05) is 32.2 Å². The first kappa shape index (κ1) is 14.2. The number of hydrogen-bond acceptors (Lipinski definition) is 2. The second-order valence-corrected chi connectivity index (χ2v) is 5.17. The van der Waals surface area contributed by atoms with Crippen molar-refractivity contribution >= 4 is 0 Å². The van der Waals surface area contributed by atoms with Gasteiger partial charge in [0.15, 0.2) is 0 Å². The lowest BCUT2D eigenvalue weighted by Crippen LogP contribution is -2.45. The number of nitrogens with one attached hydrogen (secondary N) is 1. The highest BCUT2D eigenvalue weighted by atomic mass is 19.1. The topological polar surface area (TPSA) is 15.3 Å². The van der Waals surface area contributed by atoms with E-state index in [0.29, 0.717) is 6.04 Å². The van der Waals surface area contributed by atoms with Crippen LogP contribution in [0.15, 0.2) is 30.9 Å². The van der Waals surface area contributed by atoms with Gasteiger partial charge in [-0.1, -0.05) is 12.1 Å². The first-order chi connectivity index (χ1) is 9.22. The van der Waals surface area contributed by atoms with Crippen molar-refractivity contribution in [2.75, 3.05) is 26.2 Å². The van der Waals surface area contributed by atoms with E-state index in [-0.39, 0.29) is 5.82 Å². The summed E-state index contributed by atoms with van der Waals surface area (Å²) < 4.78 is 13.3. The van der Waals surface area contributed by atoms with Crippen LogP contribution in [0.5, 0.6) is 0 Å². The number of aryl methyl sites for hydroxylation is 1. The van der Waals surface area contributed by atoms with E-state index in [0.717, 1.165) is 44.6 Å². The van der Waals surface area contributed by atoms with Crippen LogP contribution in [0, 0.1) is 12.7 Å². The number of nitrogens with zero attached hydrogens (tertiary/aromatic N) is 1. The van der Waals surface area contributed by atoms with Crippen LogP contribution in [-0.2, 0) is 0 Å². The predicted molar refractivity (Wildman–Crippen MR) is 77.8 cm³/mol. The van der Waals surface area contributed by atoms with Gasteiger partial charge in [0.2, 0.25) is 0 Å². The molecule has 1 heterocycles. The maximum absolute atomic E-state index is 13.3. The average molecular weight is 262 g/mol. The van der Waals surface area contributed by atoms with E-state index >= 15 is 0 Å². The van der Waals surface area contributed by atoms with Gasteiger partial charge in [-0.15, -0.1) is 6.58 Å². The molecule has 0 aromatic heterocycles. The van der Waals surface area contributed by atoms with Crippen molar-refractivity contribution in [3.8, 4) is 0 Å². The molecular formula is C16H23FN2. The van der Waals surface area contributed by atoms with Crippen LogP contribution in [0.1, 0.15) is 30.0 Å². The standard InChI is InChI=1S/C16H23FN2/c1-3-4-5-16(19-10-8-18-9-11-19)15-7-6-14(17)12-13(15)2/h3,6-7,12,16,18H,1,4-5,8-11H2,2H3/t16-/m0/s1. The van der Waals surface area contributed by atoms with Crippen molar-refractivity contribution < 1.29 is 4.39 Å². The zero-order chi connectivity index (χ0) is 13.7. The van der Waals surface area contributed by atoms with E-state index in [9.17, 15) is 4.39 Å². The molecule has 1 fully saturated rings. The quantitative estimate of drug-likeness (QED) is 0.821. The van der Waals surface area contributed by atoms with Gasteiger partial charge in [-0.05, 0) is 43.0 Å². The van der Waals surface area contributed by atoms with E-state index in [1.165, 1.54) is 5.56 Å². The normalized spacial score (nSPS) is 18.2. The van der Waals surface area contributed by atoms with Crippen molar-refractivity contribution in [1.82, 2.24) is 10.2 Å². The van der Waals surface area contributed by atoms with Gasteiger partial charge in [0.05, 0.1) is 0 Å². The monoisotopic (exact) mass is 262 g/mol. The minimum Gasteiger partial charge on any atom is -0.314 e. The van der Waals surface area contributed by atoms with E-state index in [1.54, 1.807) is 12.1 Å². The molecule has 1 atom stereocenters. The zero-order valence-corrected chi connectivity index (χ0v) is 11.7. The first-order valence-corrected chi connectivity index (χ1v) is 7.04. The Bertz CT molecular complexity index is 425. The molecule has 2 rings (SSSR count). The molecule has 0 bridgehead atoms. The Hall–Kier alpha value is -1.19. The number of allylic oxidation sites excluding steroid dienone is 1. The van der Waals surface area contributed by atoms with Gasteiger partial charge in [-0.2, -0.15) is 0 Å². The molecule has 104 valence electrons. The molecule has 1 N–H and O–H groups in total. The molecule has 1 aromatic carbocycles. The third kappa shape index (κ3) is 3.64. The lowest BCUT2D eigenvalue weighted by Gasteiger charge is -2.36. The van der Waals surface area contributed by atoms with E-state index < -0.39 is 0 Å². The molecule has 0 unspecified atom stereocenters. The van der Waals surface area contributed by atoms with Gasteiger partial charge < -0.3 is 5.32 Å². The summed E-state index contributed by atoms with van der Waals surface area (Å²) >= 11 is 0. The Morgan fingerprint density at radius 1 is 1.42 bits per heavy atom. The number of halogens is 1. The van der Waals surface area contributed by atoms with Crippen molar-refractivity contribution in [3.63, 3.8) is 0 Å². The molecule has 19 heavy (non-hydrogen) atoms. The summed E-state index contributed by atoms with van der Waals surface area (Å²) in [5.74, 6) is -0.149. The van der Waals surface area contributed by atoms with Crippen LogP contribution in [0.25, 0.3) is 0 Å². The highest BCUT2D eigenvalue weighted by molar-refractivity contribution is 5.29. The van der Waals surface area contributed by atoms with Crippen molar-refractivity contribution in [2.45, 2.75) is 25.8 Å².